The van der Waals surface area contributed by atoms with E-state index in [2.05, 4.69) is 4.99 Å². The van der Waals surface area contributed by atoms with Crippen LogP contribution in [0.4, 0.5) is 28.0 Å². The lowest BCUT2D eigenvalue weighted by Gasteiger charge is -2.27. The summed E-state index contributed by atoms with van der Waals surface area (Å²) in [5.41, 5.74) is -1.91. The van der Waals surface area contributed by atoms with Crippen LogP contribution in [0.3, 0.4) is 0 Å². The van der Waals surface area contributed by atoms with Gasteiger partial charge in [0.15, 0.2) is 0 Å². The zero-order valence-corrected chi connectivity index (χ0v) is 15.9. The van der Waals surface area contributed by atoms with Gasteiger partial charge in [-0.2, -0.15) is 21.6 Å². The van der Waals surface area contributed by atoms with E-state index in [4.69, 9.17) is 4.74 Å². The van der Waals surface area contributed by atoms with Crippen molar-refractivity contribution < 1.29 is 35.5 Å². The van der Waals surface area contributed by atoms with Gasteiger partial charge in [0, 0.05) is 14.9 Å². The Morgan fingerprint density at radius 1 is 1.22 bits per heavy atom. The number of ether oxygens (including phenoxy) is 1. The Bertz CT molecular complexity index is 969. The summed E-state index contributed by atoms with van der Waals surface area (Å²) in [4.78, 5) is 17.0. The first-order chi connectivity index (χ1) is 12.3. The third kappa shape index (κ3) is 5.16. The van der Waals surface area contributed by atoms with Gasteiger partial charge >= 0.3 is 12.3 Å². The predicted octanol–water partition coefficient (Wildman–Crippen LogP) is 3.84. The van der Waals surface area contributed by atoms with E-state index in [1.165, 1.54) is 0 Å². The third-order valence-corrected chi connectivity index (χ3v) is 5.55. The molecular weight excluding hydrogens is 412 g/mol. The molecule has 1 aliphatic rings. The SMILES string of the molecule is CC(C)(C)OC(=O)N(C1=CS(=S(=O)=O)C=N1)c1ccc(F)c(C(F)(F)F)c1. The van der Waals surface area contributed by atoms with Crippen molar-refractivity contribution in [2.75, 3.05) is 4.90 Å². The van der Waals surface area contributed by atoms with E-state index in [0.717, 1.165) is 17.0 Å². The number of amides is 1. The fourth-order valence-electron chi connectivity index (χ4n) is 1.96. The van der Waals surface area contributed by atoms with Gasteiger partial charge in [-0.15, -0.1) is 0 Å². The van der Waals surface area contributed by atoms with Gasteiger partial charge in [-0.05, 0) is 39.0 Å². The van der Waals surface area contributed by atoms with Crippen LogP contribution in [0, 0.1) is 5.82 Å². The molecule has 1 atom stereocenters. The first kappa shape index (κ1) is 21.1. The molecule has 0 saturated heterocycles. The number of halogens is 4. The van der Waals surface area contributed by atoms with Gasteiger partial charge in [-0.25, -0.2) is 19.1 Å². The Hall–Kier alpha value is -2.21. The van der Waals surface area contributed by atoms with Crippen molar-refractivity contribution in [1.82, 2.24) is 0 Å². The third-order valence-electron chi connectivity index (χ3n) is 2.99. The number of rotatable bonds is 2. The molecule has 12 heteroatoms. The molecular formula is C15H14F4N2O4S2. The molecule has 0 fully saturated rings. The smallest absolute Gasteiger partial charge is 0.420 e. The number of carbonyl (C=O) groups is 1. The highest BCUT2D eigenvalue weighted by molar-refractivity contribution is 8.42. The maximum atomic E-state index is 13.6. The van der Waals surface area contributed by atoms with E-state index in [9.17, 15) is 30.8 Å². The lowest BCUT2D eigenvalue weighted by molar-refractivity contribution is -0.139. The molecule has 1 heterocycles. The number of alkyl halides is 3. The van der Waals surface area contributed by atoms with Crippen LogP contribution in [0.1, 0.15) is 26.3 Å². The predicted molar refractivity (Wildman–Crippen MR) is 93.0 cm³/mol. The quantitative estimate of drug-likeness (QED) is 0.674. The van der Waals surface area contributed by atoms with E-state index < -0.39 is 48.0 Å². The highest BCUT2D eigenvalue weighted by Crippen LogP contribution is 2.35. The van der Waals surface area contributed by atoms with Gasteiger partial charge < -0.3 is 4.74 Å². The highest BCUT2D eigenvalue weighted by Gasteiger charge is 2.36. The van der Waals surface area contributed by atoms with Gasteiger partial charge in [0.05, 0.1) is 16.8 Å². The standard InChI is InChI=1S/C15H14F4N2O4S2/c1-14(2,3)25-13(22)21(12-7-26(8-20-12)27(23)24)9-4-5-11(16)10(6-9)15(17,18)19/h4-8H,1-3H3. The Morgan fingerprint density at radius 3 is 2.33 bits per heavy atom. The van der Waals surface area contributed by atoms with Crippen molar-refractivity contribution >= 4 is 36.0 Å². The number of anilines is 1. The topological polar surface area (TPSA) is 76.0 Å². The minimum absolute atomic E-state index is 0.239. The van der Waals surface area contributed by atoms with Crippen LogP contribution in [-0.4, -0.2) is 25.7 Å². The Labute approximate surface area is 155 Å². The van der Waals surface area contributed by atoms with Crippen LogP contribution < -0.4 is 4.90 Å². The molecule has 1 amide bonds. The molecule has 0 bridgehead atoms. The number of benzene rings is 1. The molecule has 0 N–H and O–H groups in total. The first-order valence-electron chi connectivity index (χ1n) is 7.27. The molecule has 1 aliphatic heterocycles. The molecule has 148 valence electrons. The average molecular weight is 426 g/mol. The van der Waals surface area contributed by atoms with Gasteiger partial charge in [-0.1, -0.05) is 0 Å². The van der Waals surface area contributed by atoms with Gasteiger partial charge in [0.1, 0.15) is 17.2 Å². The van der Waals surface area contributed by atoms with Crippen LogP contribution in [-0.2, 0) is 29.6 Å². The van der Waals surface area contributed by atoms with E-state index in [1.807, 2.05) is 0 Å². The molecule has 1 aromatic rings. The van der Waals surface area contributed by atoms with Crippen LogP contribution in [0.15, 0.2) is 34.4 Å². The molecule has 0 aromatic heterocycles. The molecule has 0 aliphatic carbocycles. The normalized spacial score (nSPS) is 16.9. The van der Waals surface area contributed by atoms with Crippen LogP contribution in [0.5, 0.6) is 0 Å². The molecule has 0 saturated carbocycles. The lowest BCUT2D eigenvalue weighted by Crippen LogP contribution is -2.36. The lowest BCUT2D eigenvalue weighted by atomic mass is 10.1. The summed E-state index contributed by atoms with van der Waals surface area (Å²) in [6.45, 7) is 4.62. The second kappa shape index (κ2) is 7.43. The second-order valence-corrected chi connectivity index (χ2v) is 9.70. The fraction of sp³-hybridized carbons (Fsp3) is 0.333. The molecule has 27 heavy (non-hydrogen) atoms. The first-order valence-corrected chi connectivity index (χ1v) is 10.2. The summed E-state index contributed by atoms with van der Waals surface area (Å²) < 4.78 is 79.9. The second-order valence-electron chi connectivity index (χ2n) is 6.22. The molecule has 6 nitrogen and oxygen atoms in total. The minimum atomic E-state index is -4.99. The van der Waals surface area contributed by atoms with Crippen LogP contribution in [0.25, 0.3) is 0 Å². The molecule has 1 aromatic carbocycles. The van der Waals surface area contributed by atoms with Crippen LogP contribution >= 0.6 is 0 Å². The van der Waals surface area contributed by atoms with E-state index in [-0.39, 0.29) is 11.5 Å². The number of hydrogen-bond acceptors (Lipinski definition) is 5. The summed E-state index contributed by atoms with van der Waals surface area (Å²) in [7, 11) is -4.01. The summed E-state index contributed by atoms with van der Waals surface area (Å²) >= 11 is 0. The maximum Gasteiger partial charge on any atom is 0.420 e. The van der Waals surface area contributed by atoms with Gasteiger partial charge in [0.2, 0.25) is 9.26 Å². The Kier molecular flexibility index (Phi) is 5.80. The monoisotopic (exact) mass is 426 g/mol. The zero-order valence-electron chi connectivity index (χ0n) is 14.2. The Balaban J connectivity index is 2.61. The summed E-state index contributed by atoms with van der Waals surface area (Å²) in [5.74, 6) is -1.75. The molecule has 0 spiro atoms. The van der Waals surface area contributed by atoms with E-state index >= 15 is 0 Å². The number of hydrogen-bond donors (Lipinski definition) is 0. The molecule has 1 unspecified atom stereocenters. The largest absolute Gasteiger partial charge is 0.443 e. The molecule has 2 rings (SSSR count). The van der Waals surface area contributed by atoms with Crippen LogP contribution in [0.2, 0.25) is 0 Å². The number of aliphatic imine (C=N–C) groups is 1. The summed E-state index contributed by atoms with van der Waals surface area (Å²) in [6.07, 6.45) is -6.08. The zero-order chi connectivity index (χ0) is 20.6. The van der Waals surface area contributed by atoms with Crippen molar-refractivity contribution in [3.8, 4) is 0 Å². The maximum absolute atomic E-state index is 13.6. The van der Waals surface area contributed by atoms with Crippen molar-refractivity contribution in [3.63, 3.8) is 0 Å². The number of nitrogens with zero attached hydrogens (tertiary/aromatic N) is 2. The fourth-order valence-corrected chi connectivity index (χ4v) is 3.59. The Morgan fingerprint density at radius 2 is 1.85 bits per heavy atom. The minimum Gasteiger partial charge on any atom is -0.443 e. The average Bonchev–Trinajstić information content (AvgIpc) is 2.96. The summed E-state index contributed by atoms with van der Waals surface area (Å²) in [5, 5.41) is 1.09. The van der Waals surface area contributed by atoms with Crippen molar-refractivity contribution in [3.05, 3.63) is 40.8 Å². The van der Waals surface area contributed by atoms with E-state index in [1.54, 1.807) is 20.8 Å². The summed E-state index contributed by atoms with van der Waals surface area (Å²) in [6, 6.07) is 1.93. The van der Waals surface area contributed by atoms with Gasteiger partial charge in [0.25, 0.3) is 0 Å². The number of carbonyl (C=O) groups excluding carboxylic acids is 1. The highest BCUT2D eigenvalue weighted by atomic mass is 32.9. The van der Waals surface area contributed by atoms with Crippen molar-refractivity contribution in [2.45, 2.75) is 32.5 Å². The van der Waals surface area contributed by atoms with Crippen molar-refractivity contribution in [1.29, 1.82) is 0 Å². The molecule has 0 radical (unpaired) electrons. The van der Waals surface area contributed by atoms with Crippen molar-refractivity contribution in [2.24, 2.45) is 4.99 Å². The van der Waals surface area contributed by atoms with E-state index in [0.29, 0.717) is 17.0 Å². The van der Waals surface area contributed by atoms with Gasteiger partial charge in [-0.3, -0.25) is 0 Å².